The third kappa shape index (κ3) is 3.79. The van der Waals surface area contributed by atoms with Gasteiger partial charge in [-0.1, -0.05) is 0 Å². The molecular formula is C19H15AsNO6S. The summed E-state index contributed by atoms with van der Waals surface area (Å²) in [4.78, 5) is 27.4. The summed E-state index contributed by atoms with van der Waals surface area (Å²) in [6, 6.07) is 12.1. The van der Waals surface area contributed by atoms with Crippen molar-refractivity contribution >= 4 is 46.9 Å². The van der Waals surface area contributed by atoms with E-state index < -0.39 is 40.8 Å². The van der Waals surface area contributed by atoms with Crippen molar-refractivity contribution in [3.05, 3.63) is 60.4 Å². The Labute approximate surface area is 167 Å². The minimum absolute atomic E-state index is 0.0392. The van der Waals surface area contributed by atoms with Gasteiger partial charge < -0.3 is 0 Å². The van der Waals surface area contributed by atoms with Crippen LogP contribution in [0.4, 0.5) is 0 Å². The number of fused-ring (bicyclic) bond motifs is 1. The molecule has 143 valence electrons. The van der Waals surface area contributed by atoms with Crippen molar-refractivity contribution in [3.63, 3.8) is 0 Å². The molecule has 0 amide bonds. The first kappa shape index (κ1) is 20.0. The topological polar surface area (TPSA) is 122 Å². The van der Waals surface area contributed by atoms with Gasteiger partial charge in [0.1, 0.15) is 0 Å². The van der Waals surface area contributed by atoms with Gasteiger partial charge >= 0.3 is 168 Å². The van der Waals surface area contributed by atoms with Crippen LogP contribution in [0.2, 0.25) is 4.71 Å². The molecule has 0 bridgehead atoms. The molecule has 3 aromatic rings. The van der Waals surface area contributed by atoms with Crippen molar-refractivity contribution in [2.75, 3.05) is 0 Å². The van der Waals surface area contributed by atoms with Crippen LogP contribution in [0, 0.1) is 0 Å². The van der Waals surface area contributed by atoms with E-state index >= 15 is 0 Å². The molecule has 3 rings (SSSR count). The number of carboxylic acid groups (broad SMARTS) is 1. The van der Waals surface area contributed by atoms with Crippen molar-refractivity contribution in [2.24, 2.45) is 0 Å². The van der Waals surface area contributed by atoms with Crippen LogP contribution in [0.15, 0.2) is 64.5 Å². The second-order valence-electron chi connectivity index (χ2n) is 5.97. The summed E-state index contributed by atoms with van der Waals surface area (Å²) in [5, 5.41) is 20.0. The Bertz CT molecular complexity index is 1180. The molecule has 28 heavy (non-hydrogen) atoms. The second kappa shape index (κ2) is 7.73. The van der Waals surface area contributed by atoms with E-state index in [0.717, 1.165) is 0 Å². The Kier molecular flexibility index (Phi) is 5.54. The summed E-state index contributed by atoms with van der Waals surface area (Å²) in [5.41, 5.74) is -0.195. The minimum atomic E-state index is -3.73. The standard InChI is InChI=1S/C19H15AsNO6S/c1-11(19(24)25)20-18(23)16-17(22)15-8-7-14(9-12(15)10-21-16)28(26,27)13-5-3-2-4-6-13/h2-11,22H,1H3,(H,24,25). The van der Waals surface area contributed by atoms with Gasteiger partial charge in [0, 0.05) is 0 Å². The predicted molar refractivity (Wildman–Crippen MR) is 102 cm³/mol. The van der Waals surface area contributed by atoms with E-state index in [9.17, 15) is 23.1 Å². The first-order chi connectivity index (χ1) is 13.2. The third-order valence-corrected chi connectivity index (χ3v) is 8.05. The third-order valence-electron chi connectivity index (χ3n) is 4.07. The van der Waals surface area contributed by atoms with Crippen LogP contribution in [0.25, 0.3) is 10.8 Å². The van der Waals surface area contributed by atoms with Gasteiger partial charge in [-0.15, -0.1) is 0 Å². The van der Waals surface area contributed by atoms with E-state index in [0.29, 0.717) is 5.39 Å². The van der Waals surface area contributed by atoms with Crippen LogP contribution in [0.1, 0.15) is 17.4 Å². The molecule has 1 atom stereocenters. The average Bonchev–Trinajstić information content (AvgIpc) is 2.68. The number of pyridine rings is 1. The number of nitrogens with zero attached hydrogens (tertiary/aromatic N) is 1. The van der Waals surface area contributed by atoms with E-state index in [1.807, 2.05) is 0 Å². The van der Waals surface area contributed by atoms with Gasteiger partial charge in [0.2, 0.25) is 0 Å². The first-order valence-corrected chi connectivity index (χ1v) is 11.6. The first-order valence-electron chi connectivity index (χ1n) is 8.11. The monoisotopic (exact) mass is 460 g/mol. The number of hydrogen-bond donors (Lipinski definition) is 2. The molecule has 9 heteroatoms. The van der Waals surface area contributed by atoms with Crippen LogP contribution in [-0.2, 0) is 14.6 Å². The summed E-state index contributed by atoms with van der Waals surface area (Å²) in [6.07, 6.45) is 1.30. The molecule has 1 aromatic heterocycles. The van der Waals surface area contributed by atoms with Crippen molar-refractivity contribution < 1.29 is 28.2 Å². The Balaban J connectivity index is 2.02. The summed E-state index contributed by atoms with van der Waals surface area (Å²) < 4.78 is 24.1. The Morgan fingerprint density at radius 3 is 2.39 bits per heavy atom. The number of carbonyl (C=O) groups excluding carboxylic acids is 1. The number of carbonyl (C=O) groups is 2. The molecular weight excluding hydrogens is 445 g/mol. The molecule has 2 aromatic carbocycles. The Hall–Kier alpha value is -2.70. The van der Waals surface area contributed by atoms with Crippen LogP contribution >= 0.6 is 0 Å². The molecule has 2 N–H and O–H groups in total. The van der Waals surface area contributed by atoms with Gasteiger partial charge in [0.05, 0.1) is 0 Å². The molecule has 0 aliphatic rings. The maximum atomic E-state index is 12.7. The zero-order valence-corrected chi connectivity index (χ0v) is 17.3. The van der Waals surface area contributed by atoms with Crippen molar-refractivity contribution in [3.8, 4) is 5.75 Å². The van der Waals surface area contributed by atoms with Crippen LogP contribution in [0.3, 0.4) is 0 Å². The van der Waals surface area contributed by atoms with E-state index in [4.69, 9.17) is 5.11 Å². The van der Waals surface area contributed by atoms with E-state index in [1.165, 1.54) is 43.5 Å². The van der Waals surface area contributed by atoms with Gasteiger partial charge in [0.15, 0.2) is 0 Å². The maximum absolute atomic E-state index is 12.7. The number of aromatic hydroxyl groups is 1. The summed E-state index contributed by atoms with van der Waals surface area (Å²) in [5.74, 6) is -1.46. The van der Waals surface area contributed by atoms with Gasteiger partial charge in [-0.2, -0.15) is 0 Å². The van der Waals surface area contributed by atoms with Crippen LogP contribution < -0.4 is 0 Å². The molecule has 1 heterocycles. The molecule has 0 spiro atoms. The van der Waals surface area contributed by atoms with E-state index in [-0.39, 0.29) is 26.6 Å². The number of rotatable bonds is 6. The predicted octanol–water partition coefficient (Wildman–Crippen LogP) is 2.51. The van der Waals surface area contributed by atoms with Crippen LogP contribution in [0.5, 0.6) is 5.75 Å². The molecule has 0 saturated heterocycles. The average molecular weight is 460 g/mol. The molecule has 0 aliphatic carbocycles. The molecule has 0 saturated carbocycles. The van der Waals surface area contributed by atoms with Crippen molar-refractivity contribution in [1.82, 2.24) is 4.98 Å². The molecule has 1 radical (unpaired) electrons. The fourth-order valence-electron chi connectivity index (χ4n) is 2.54. The zero-order chi connectivity index (χ0) is 20.5. The van der Waals surface area contributed by atoms with Crippen molar-refractivity contribution in [1.29, 1.82) is 0 Å². The van der Waals surface area contributed by atoms with E-state index in [2.05, 4.69) is 4.98 Å². The Morgan fingerprint density at radius 1 is 1.07 bits per heavy atom. The fraction of sp³-hybridized carbons (Fsp3) is 0.105. The fourth-order valence-corrected chi connectivity index (χ4v) is 5.42. The SMILES string of the molecule is CC([As]C(=O)c1ncc2cc(S(=O)(=O)c3ccccc3)ccc2c1O)C(=O)O. The number of aromatic nitrogens is 1. The Morgan fingerprint density at radius 2 is 1.75 bits per heavy atom. The van der Waals surface area contributed by atoms with Crippen molar-refractivity contribution in [2.45, 2.75) is 21.4 Å². The summed E-state index contributed by atoms with van der Waals surface area (Å²) in [6.45, 7) is 1.43. The second-order valence-corrected chi connectivity index (χ2v) is 10.9. The van der Waals surface area contributed by atoms with Gasteiger partial charge in [-0.05, 0) is 0 Å². The quantitative estimate of drug-likeness (QED) is 0.542. The number of aliphatic carboxylic acids is 1. The molecule has 0 aliphatic heterocycles. The summed E-state index contributed by atoms with van der Waals surface area (Å²) in [7, 11) is -3.73. The number of benzene rings is 2. The normalized spacial score (nSPS) is 13.0. The number of carboxylic acids is 1. The van der Waals surface area contributed by atoms with Crippen LogP contribution in [-0.4, -0.2) is 49.9 Å². The van der Waals surface area contributed by atoms with Gasteiger partial charge in [-0.25, -0.2) is 0 Å². The van der Waals surface area contributed by atoms with Gasteiger partial charge in [-0.3, -0.25) is 0 Å². The van der Waals surface area contributed by atoms with Gasteiger partial charge in [0.25, 0.3) is 0 Å². The number of sulfone groups is 1. The molecule has 1 unspecified atom stereocenters. The van der Waals surface area contributed by atoms with E-state index in [1.54, 1.807) is 18.2 Å². The summed E-state index contributed by atoms with van der Waals surface area (Å²) >= 11 is -1.24. The zero-order valence-electron chi connectivity index (χ0n) is 14.6. The molecule has 7 nitrogen and oxygen atoms in total. The number of hydrogen-bond acceptors (Lipinski definition) is 6. The molecule has 0 fully saturated rings.